The van der Waals surface area contributed by atoms with Gasteiger partial charge in [0.15, 0.2) is 0 Å². The standard InChI is InChI=1S/C12H15N3O/c1-10-11(2)15(9-13-10)8-7-14-6-4-3-5-12(14)16/h3-6,9H,7-8H2,1-2H3. The van der Waals surface area contributed by atoms with Gasteiger partial charge in [-0.15, -0.1) is 0 Å². The summed E-state index contributed by atoms with van der Waals surface area (Å²) in [6.07, 6.45) is 3.63. The minimum Gasteiger partial charge on any atom is -0.333 e. The quantitative estimate of drug-likeness (QED) is 0.778. The third-order valence-corrected chi connectivity index (χ3v) is 2.83. The number of hydrogen-bond acceptors (Lipinski definition) is 2. The van der Waals surface area contributed by atoms with Gasteiger partial charge < -0.3 is 9.13 Å². The lowest BCUT2D eigenvalue weighted by molar-refractivity contribution is 0.557. The zero-order valence-electron chi connectivity index (χ0n) is 9.55. The Bertz CT molecular complexity index is 539. The van der Waals surface area contributed by atoms with E-state index in [1.165, 1.54) is 0 Å². The summed E-state index contributed by atoms with van der Waals surface area (Å²) in [6.45, 7) is 5.48. The van der Waals surface area contributed by atoms with Crippen molar-refractivity contribution in [2.24, 2.45) is 0 Å². The number of aromatic nitrogens is 3. The van der Waals surface area contributed by atoms with Gasteiger partial charge in [0, 0.05) is 31.0 Å². The molecule has 0 saturated heterocycles. The van der Waals surface area contributed by atoms with Gasteiger partial charge in [0.05, 0.1) is 12.0 Å². The van der Waals surface area contributed by atoms with E-state index in [9.17, 15) is 4.79 Å². The Morgan fingerprint density at radius 2 is 1.94 bits per heavy atom. The maximum Gasteiger partial charge on any atom is 0.250 e. The Morgan fingerprint density at radius 3 is 2.56 bits per heavy atom. The molecule has 2 aromatic heterocycles. The molecule has 16 heavy (non-hydrogen) atoms. The van der Waals surface area contributed by atoms with Crippen LogP contribution in [0.4, 0.5) is 0 Å². The van der Waals surface area contributed by atoms with E-state index in [-0.39, 0.29) is 5.56 Å². The molecule has 2 aromatic rings. The van der Waals surface area contributed by atoms with Gasteiger partial charge in [-0.05, 0) is 19.9 Å². The average Bonchev–Trinajstić information content (AvgIpc) is 2.59. The van der Waals surface area contributed by atoms with E-state index in [0.29, 0.717) is 6.54 Å². The highest BCUT2D eigenvalue weighted by Crippen LogP contribution is 2.03. The Hall–Kier alpha value is -1.84. The van der Waals surface area contributed by atoms with Crippen molar-refractivity contribution in [3.05, 3.63) is 52.5 Å². The van der Waals surface area contributed by atoms with Crippen LogP contribution in [-0.2, 0) is 13.1 Å². The van der Waals surface area contributed by atoms with Crippen molar-refractivity contribution in [3.63, 3.8) is 0 Å². The predicted octanol–water partition coefficient (Wildman–Crippen LogP) is 1.36. The highest BCUT2D eigenvalue weighted by atomic mass is 16.1. The fourth-order valence-corrected chi connectivity index (χ4v) is 1.63. The Balaban J connectivity index is 2.11. The highest BCUT2D eigenvalue weighted by molar-refractivity contribution is 5.08. The molecule has 4 nitrogen and oxygen atoms in total. The monoisotopic (exact) mass is 217 g/mol. The van der Waals surface area contributed by atoms with E-state index < -0.39 is 0 Å². The maximum atomic E-state index is 11.5. The molecule has 84 valence electrons. The van der Waals surface area contributed by atoms with Crippen LogP contribution in [-0.4, -0.2) is 14.1 Å². The molecule has 0 radical (unpaired) electrons. The molecular weight excluding hydrogens is 202 g/mol. The van der Waals surface area contributed by atoms with Crippen LogP contribution in [0, 0.1) is 13.8 Å². The molecule has 0 saturated carbocycles. The zero-order valence-corrected chi connectivity index (χ0v) is 9.55. The first-order valence-electron chi connectivity index (χ1n) is 5.32. The third-order valence-electron chi connectivity index (χ3n) is 2.83. The summed E-state index contributed by atoms with van der Waals surface area (Å²) in [6, 6.07) is 5.20. The zero-order chi connectivity index (χ0) is 11.5. The molecule has 0 spiro atoms. The van der Waals surface area contributed by atoms with E-state index in [1.807, 2.05) is 26.2 Å². The molecule has 2 heterocycles. The molecular formula is C12H15N3O. The molecule has 0 aliphatic rings. The summed E-state index contributed by atoms with van der Waals surface area (Å²) in [5.41, 5.74) is 2.24. The van der Waals surface area contributed by atoms with E-state index in [4.69, 9.17) is 0 Å². The molecule has 0 aromatic carbocycles. The lowest BCUT2D eigenvalue weighted by Crippen LogP contribution is -2.20. The molecule has 0 amide bonds. The fourth-order valence-electron chi connectivity index (χ4n) is 1.63. The molecule has 4 heteroatoms. The van der Waals surface area contributed by atoms with Crippen LogP contribution in [0.3, 0.4) is 0 Å². The SMILES string of the molecule is Cc1ncn(CCn2ccccc2=O)c1C. The minimum absolute atomic E-state index is 0.0389. The second-order valence-electron chi connectivity index (χ2n) is 3.84. The fraction of sp³-hybridized carbons (Fsp3) is 0.333. The van der Waals surface area contributed by atoms with E-state index >= 15 is 0 Å². The largest absolute Gasteiger partial charge is 0.333 e. The maximum absolute atomic E-state index is 11.5. The van der Waals surface area contributed by atoms with Crippen LogP contribution in [0.5, 0.6) is 0 Å². The average molecular weight is 217 g/mol. The molecule has 0 aliphatic heterocycles. The molecule has 0 N–H and O–H groups in total. The Morgan fingerprint density at radius 1 is 1.19 bits per heavy atom. The van der Waals surface area contributed by atoms with E-state index in [2.05, 4.69) is 9.55 Å². The number of imidazole rings is 1. The molecule has 0 aliphatic carbocycles. The van der Waals surface area contributed by atoms with Crippen molar-refractivity contribution < 1.29 is 0 Å². The second kappa shape index (κ2) is 4.35. The van der Waals surface area contributed by atoms with Crippen molar-refractivity contribution in [2.75, 3.05) is 0 Å². The minimum atomic E-state index is 0.0389. The number of hydrogen-bond donors (Lipinski definition) is 0. The van der Waals surface area contributed by atoms with Gasteiger partial charge in [-0.3, -0.25) is 4.79 Å². The second-order valence-corrected chi connectivity index (χ2v) is 3.84. The van der Waals surface area contributed by atoms with Crippen LogP contribution < -0.4 is 5.56 Å². The van der Waals surface area contributed by atoms with Crippen molar-refractivity contribution in [1.29, 1.82) is 0 Å². The number of nitrogens with zero attached hydrogens (tertiary/aromatic N) is 3. The normalized spacial score (nSPS) is 10.6. The Labute approximate surface area is 94.2 Å². The van der Waals surface area contributed by atoms with Crippen LogP contribution in [0.15, 0.2) is 35.5 Å². The van der Waals surface area contributed by atoms with Gasteiger partial charge in [0.25, 0.3) is 5.56 Å². The Kier molecular flexibility index (Phi) is 2.90. The summed E-state index contributed by atoms with van der Waals surface area (Å²) in [7, 11) is 0. The van der Waals surface area contributed by atoms with Gasteiger partial charge in [0.2, 0.25) is 0 Å². The van der Waals surface area contributed by atoms with Gasteiger partial charge in [-0.2, -0.15) is 0 Å². The first-order valence-corrected chi connectivity index (χ1v) is 5.32. The van der Waals surface area contributed by atoms with Gasteiger partial charge in [-0.25, -0.2) is 4.98 Å². The molecule has 0 atom stereocenters. The molecule has 2 rings (SSSR count). The third kappa shape index (κ3) is 2.05. The summed E-state index contributed by atoms with van der Waals surface area (Å²) < 4.78 is 3.77. The van der Waals surface area contributed by atoms with Gasteiger partial charge >= 0.3 is 0 Å². The van der Waals surface area contributed by atoms with Crippen molar-refractivity contribution in [3.8, 4) is 0 Å². The summed E-state index contributed by atoms with van der Waals surface area (Å²) in [5.74, 6) is 0. The summed E-state index contributed by atoms with van der Waals surface area (Å²) >= 11 is 0. The molecule has 0 fully saturated rings. The molecule has 0 bridgehead atoms. The lowest BCUT2D eigenvalue weighted by Gasteiger charge is -2.07. The topological polar surface area (TPSA) is 39.8 Å². The smallest absolute Gasteiger partial charge is 0.250 e. The van der Waals surface area contributed by atoms with Crippen LogP contribution >= 0.6 is 0 Å². The lowest BCUT2D eigenvalue weighted by atomic mass is 10.4. The number of rotatable bonds is 3. The van der Waals surface area contributed by atoms with Crippen LogP contribution in [0.1, 0.15) is 11.4 Å². The highest BCUT2D eigenvalue weighted by Gasteiger charge is 2.01. The first kappa shape index (κ1) is 10.7. The summed E-state index contributed by atoms with van der Waals surface area (Å²) in [4.78, 5) is 15.7. The molecule has 0 unspecified atom stereocenters. The van der Waals surface area contributed by atoms with Crippen LogP contribution in [0.25, 0.3) is 0 Å². The first-order chi connectivity index (χ1) is 7.68. The number of aryl methyl sites for hydroxylation is 3. The van der Waals surface area contributed by atoms with E-state index in [0.717, 1.165) is 17.9 Å². The predicted molar refractivity (Wildman–Crippen MR) is 62.4 cm³/mol. The van der Waals surface area contributed by atoms with Crippen molar-refractivity contribution in [2.45, 2.75) is 26.9 Å². The van der Waals surface area contributed by atoms with Gasteiger partial charge in [0.1, 0.15) is 0 Å². The van der Waals surface area contributed by atoms with Gasteiger partial charge in [-0.1, -0.05) is 6.07 Å². The van der Waals surface area contributed by atoms with Crippen molar-refractivity contribution in [1.82, 2.24) is 14.1 Å². The van der Waals surface area contributed by atoms with Crippen LogP contribution in [0.2, 0.25) is 0 Å². The van der Waals surface area contributed by atoms with E-state index in [1.54, 1.807) is 22.9 Å². The summed E-state index contributed by atoms with van der Waals surface area (Å²) in [5, 5.41) is 0. The van der Waals surface area contributed by atoms with Crippen molar-refractivity contribution >= 4 is 0 Å². The number of pyridine rings is 1.